The van der Waals surface area contributed by atoms with Crippen LogP contribution >= 0.6 is 46.6 Å². The van der Waals surface area contributed by atoms with Crippen molar-refractivity contribution >= 4 is 58.2 Å². The summed E-state index contributed by atoms with van der Waals surface area (Å²) in [4.78, 5) is 12.3. The van der Waals surface area contributed by atoms with E-state index in [0.717, 1.165) is 17.3 Å². The van der Waals surface area contributed by atoms with Crippen LogP contribution in [0, 0.1) is 0 Å². The molecule has 0 fully saturated rings. The number of anilines is 1. The summed E-state index contributed by atoms with van der Waals surface area (Å²) in [6.45, 7) is 6.45. The van der Waals surface area contributed by atoms with Gasteiger partial charge < -0.3 is 11.2 Å². The molecule has 0 unspecified atom stereocenters. The maximum Gasteiger partial charge on any atom is 0.234 e. The summed E-state index contributed by atoms with van der Waals surface area (Å²) in [6.07, 6.45) is 0. The second kappa shape index (κ2) is 9.06. The molecule has 0 saturated heterocycles. The Kier molecular flexibility index (Phi) is 6.87. The van der Waals surface area contributed by atoms with Crippen LogP contribution in [-0.4, -0.2) is 26.5 Å². The fourth-order valence-corrected chi connectivity index (χ4v) is 4.23. The number of nitrogens with two attached hydrogens (primary N) is 1. The summed E-state index contributed by atoms with van der Waals surface area (Å²) in [6, 6.07) is 11.0. The molecule has 3 N–H and O–H groups in total. The lowest BCUT2D eigenvalue weighted by Gasteiger charge is -2.19. The molecular weight excluding hydrogens is 465 g/mol. The maximum absolute atomic E-state index is 12.3. The van der Waals surface area contributed by atoms with Crippen LogP contribution in [0.15, 0.2) is 41.6 Å². The highest BCUT2D eigenvalue weighted by molar-refractivity contribution is 7.99. The highest BCUT2D eigenvalue weighted by atomic mass is 35.5. The van der Waals surface area contributed by atoms with Gasteiger partial charge in [0.2, 0.25) is 11.1 Å². The molecule has 0 radical (unpaired) electrons. The Hall–Kier alpha value is -1.93. The molecule has 30 heavy (non-hydrogen) atoms. The van der Waals surface area contributed by atoms with Gasteiger partial charge in [0.1, 0.15) is 0 Å². The second-order valence-corrected chi connectivity index (χ2v) is 9.78. The average molecular weight is 485 g/mol. The van der Waals surface area contributed by atoms with Crippen LogP contribution < -0.4 is 11.2 Å². The molecule has 0 atom stereocenters. The van der Waals surface area contributed by atoms with E-state index < -0.39 is 0 Å². The number of thioether (sulfide) groups is 1. The average Bonchev–Trinajstić information content (AvgIpc) is 3.03. The number of aromatic nitrogens is 3. The summed E-state index contributed by atoms with van der Waals surface area (Å²) in [5.74, 6) is 6.40. The minimum absolute atomic E-state index is 0.0492. The zero-order chi connectivity index (χ0) is 22.1. The molecule has 1 amide bonds. The van der Waals surface area contributed by atoms with E-state index in [1.807, 2.05) is 24.3 Å². The summed E-state index contributed by atoms with van der Waals surface area (Å²) in [5.41, 5.74) is 2.41. The van der Waals surface area contributed by atoms with Crippen molar-refractivity contribution in [2.45, 2.75) is 31.3 Å². The molecule has 0 aliphatic heterocycles. The van der Waals surface area contributed by atoms with Crippen LogP contribution in [-0.2, 0) is 10.2 Å². The van der Waals surface area contributed by atoms with Gasteiger partial charge >= 0.3 is 0 Å². The molecule has 1 aromatic heterocycles. The first kappa shape index (κ1) is 22.7. The number of hydrogen-bond donors (Lipinski definition) is 2. The standard InChI is InChI=1S/C20H20Cl3N5OS/c1-20(2,3)12-6-4-11(5-7-12)18-26-27-19(28(18)24)30-10-16(29)25-17-14(22)8-13(21)9-15(17)23/h4-9H,10,24H2,1-3H3,(H,25,29). The lowest BCUT2D eigenvalue weighted by atomic mass is 9.87. The molecule has 158 valence electrons. The molecule has 3 aromatic rings. The molecule has 0 aliphatic rings. The predicted molar refractivity (Wildman–Crippen MR) is 125 cm³/mol. The summed E-state index contributed by atoms with van der Waals surface area (Å²) in [5, 5.41) is 12.2. The molecule has 0 aliphatic carbocycles. The fraction of sp³-hybridized carbons (Fsp3) is 0.250. The number of nitrogens with zero attached hydrogens (tertiary/aromatic N) is 3. The topological polar surface area (TPSA) is 85.8 Å². The molecule has 1 heterocycles. The van der Waals surface area contributed by atoms with Crippen LogP contribution in [0.25, 0.3) is 11.4 Å². The Morgan fingerprint density at radius 1 is 1.10 bits per heavy atom. The van der Waals surface area contributed by atoms with Gasteiger partial charge in [-0.1, -0.05) is 91.6 Å². The van der Waals surface area contributed by atoms with Crippen molar-refractivity contribution in [3.63, 3.8) is 0 Å². The highest BCUT2D eigenvalue weighted by Crippen LogP contribution is 2.34. The minimum Gasteiger partial charge on any atom is -0.335 e. The molecular formula is C20H20Cl3N5OS. The monoisotopic (exact) mass is 483 g/mol. The number of amides is 1. The quantitative estimate of drug-likeness (QED) is 0.361. The molecule has 10 heteroatoms. The van der Waals surface area contributed by atoms with Gasteiger partial charge in [-0.05, 0) is 23.1 Å². The number of halogens is 3. The summed E-state index contributed by atoms with van der Waals surface area (Å²) < 4.78 is 1.37. The predicted octanol–water partition coefficient (Wildman–Crippen LogP) is 5.65. The van der Waals surface area contributed by atoms with E-state index >= 15 is 0 Å². The van der Waals surface area contributed by atoms with Gasteiger partial charge in [-0.3, -0.25) is 4.79 Å². The van der Waals surface area contributed by atoms with E-state index in [4.69, 9.17) is 40.6 Å². The Balaban J connectivity index is 1.68. The van der Waals surface area contributed by atoms with E-state index in [-0.39, 0.29) is 27.1 Å². The van der Waals surface area contributed by atoms with Gasteiger partial charge in [0.25, 0.3) is 0 Å². The molecule has 3 rings (SSSR count). The van der Waals surface area contributed by atoms with Crippen molar-refractivity contribution in [2.75, 3.05) is 16.9 Å². The van der Waals surface area contributed by atoms with Gasteiger partial charge in [0.05, 0.1) is 21.5 Å². The summed E-state index contributed by atoms with van der Waals surface area (Å²) in [7, 11) is 0. The lowest BCUT2D eigenvalue weighted by molar-refractivity contribution is -0.113. The van der Waals surface area contributed by atoms with Crippen molar-refractivity contribution in [2.24, 2.45) is 0 Å². The first-order chi connectivity index (χ1) is 14.1. The highest BCUT2D eigenvalue weighted by Gasteiger charge is 2.17. The number of carbonyl (C=O) groups is 1. The SMILES string of the molecule is CC(C)(C)c1ccc(-c2nnc(SCC(=O)Nc3c(Cl)cc(Cl)cc3Cl)n2N)cc1. The van der Waals surface area contributed by atoms with E-state index in [1.165, 1.54) is 22.4 Å². The smallest absolute Gasteiger partial charge is 0.234 e. The molecule has 0 spiro atoms. The number of nitrogens with one attached hydrogen (secondary N) is 1. The van der Waals surface area contributed by atoms with Crippen molar-refractivity contribution in [3.05, 3.63) is 57.0 Å². The van der Waals surface area contributed by atoms with Crippen molar-refractivity contribution in [1.82, 2.24) is 14.9 Å². The number of nitrogen functional groups attached to an aromatic ring is 1. The van der Waals surface area contributed by atoms with E-state index in [9.17, 15) is 4.79 Å². The van der Waals surface area contributed by atoms with E-state index in [2.05, 4.69) is 36.3 Å². The Bertz CT molecular complexity index is 1050. The number of benzene rings is 2. The molecule has 6 nitrogen and oxygen atoms in total. The summed E-state index contributed by atoms with van der Waals surface area (Å²) >= 11 is 19.2. The van der Waals surface area contributed by atoms with Gasteiger partial charge in [0.15, 0.2) is 5.82 Å². The van der Waals surface area contributed by atoms with Gasteiger partial charge in [-0.25, -0.2) is 4.68 Å². The van der Waals surface area contributed by atoms with E-state index in [0.29, 0.717) is 21.7 Å². The fourth-order valence-electron chi connectivity index (χ4n) is 2.66. The zero-order valence-electron chi connectivity index (χ0n) is 16.5. The minimum atomic E-state index is -0.315. The number of rotatable bonds is 5. The third kappa shape index (κ3) is 5.21. The maximum atomic E-state index is 12.3. The second-order valence-electron chi connectivity index (χ2n) is 7.58. The van der Waals surface area contributed by atoms with Crippen LogP contribution in [0.5, 0.6) is 0 Å². The third-order valence-electron chi connectivity index (χ3n) is 4.28. The van der Waals surface area contributed by atoms with Crippen molar-refractivity contribution < 1.29 is 4.79 Å². The number of carbonyl (C=O) groups excluding carboxylic acids is 1. The lowest BCUT2D eigenvalue weighted by Crippen LogP contribution is -2.17. The van der Waals surface area contributed by atoms with Crippen LogP contribution in [0.3, 0.4) is 0 Å². The van der Waals surface area contributed by atoms with Crippen LogP contribution in [0.1, 0.15) is 26.3 Å². The molecule has 0 bridgehead atoms. The Labute approximate surface area is 194 Å². The van der Waals surface area contributed by atoms with Crippen molar-refractivity contribution in [1.29, 1.82) is 0 Å². The third-order valence-corrected chi connectivity index (χ3v) is 6.03. The first-order valence-corrected chi connectivity index (χ1v) is 11.1. The first-order valence-electron chi connectivity index (χ1n) is 8.95. The van der Waals surface area contributed by atoms with Gasteiger partial charge in [-0.15, -0.1) is 10.2 Å². The molecule has 0 saturated carbocycles. The van der Waals surface area contributed by atoms with Crippen LogP contribution in [0.2, 0.25) is 15.1 Å². The zero-order valence-corrected chi connectivity index (χ0v) is 19.6. The Morgan fingerprint density at radius 3 is 2.27 bits per heavy atom. The van der Waals surface area contributed by atoms with E-state index in [1.54, 1.807) is 0 Å². The Morgan fingerprint density at radius 2 is 1.70 bits per heavy atom. The van der Waals surface area contributed by atoms with Gasteiger partial charge in [0, 0.05) is 10.6 Å². The largest absolute Gasteiger partial charge is 0.335 e. The number of hydrogen-bond acceptors (Lipinski definition) is 5. The normalized spacial score (nSPS) is 11.5. The van der Waals surface area contributed by atoms with Gasteiger partial charge in [-0.2, -0.15) is 0 Å². The van der Waals surface area contributed by atoms with Crippen LogP contribution in [0.4, 0.5) is 5.69 Å². The molecule has 2 aromatic carbocycles. The van der Waals surface area contributed by atoms with Crippen molar-refractivity contribution in [3.8, 4) is 11.4 Å².